The smallest absolute Gasteiger partial charge is 0.407 e. The highest BCUT2D eigenvalue weighted by atomic mass is 16.4. The van der Waals surface area contributed by atoms with E-state index in [0.29, 0.717) is 19.6 Å². The van der Waals surface area contributed by atoms with E-state index in [4.69, 9.17) is 5.11 Å². The molecule has 3 N–H and O–H groups in total. The van der Waals surface area contributed by atoms with Gasteiger partial charge in [-0.15, -0.1) is 0 Å². The van der Waals surface area contributed by atoms with Crippen molar-refractivity contribution in [1.29, 1.82) is 0 Å². The van der Waals surface area contributed by atoms with Gasteiger partial charge in [0.1, 0.15) is 0 Å². The lowest BCUT2D eigenvalue weighted by Crippen LogP contribution is -2.37. The van der Waals surface area contributed by atoms with Crippen molar-refractivity contribution in [1.82, 2.24) is 10.2 Å². The number of nitrogens with one attached hydrogen (secondary N) is 1. The SMILES string of the molecule is O=C(O)N1CC(CO)C(NCc2ccccc2)C1. The molecular weight excluding hydrogens is 232 g/mol. The molecule has 2 atom stereocenters. The number of carbonyl (C=O) groups is 1. The summed E-state index contributed by atoms with van der Waals surface area (Å²) in [7, 11) is 0. The monoisotopic (exact) mass is 250 g/mol. The first-order valence-electron chi connectivity index (χ1n) is 6.06. The molecule has 1 fully saturated rings. The topological polar surface area (TPSA) is 72.8 Å². The number of nitrogens with zero attached hydrogens (tertiary/aromatic N) is 1. The third-order valence-corrected chi connectivity index (χ3v) is 3.36. The molecule has 1 saturated heterocycles. The lowest BCUT2D eigenvalue weighted by atomic mass is 10.0. The van der Waals surface area contributed by atoms with Gasteiger partial charge in [-0.3, -0.25) is 0 Å². The number of rotatable bonds is 4. The normalized spacial score (nSPS) is 23.3. The van der Waals surface area contributed by atoms with Crippen LogP contribution < -0.4 is 5.32 Å². The van der Waals surface area contributed by atoms with Crippen LogP contribution in [-0.4, -0.2) is 46.9 Å². The van der Waals surface area contributed by atoms with Crippen molar-refractivity contribution in [2.45, 2.75) is 12.6 Å². The molecule has 0 bridgehead atoms. The van der Waals surface area contributed by atoms with Crippen LogP contribution in [0.3, 0.4) is 0 Å². The Morgan fingerprint density at radius 2 is 2.06 bits per heavy atom. The number of likely N-dealkylation sites (tertiary alicyclic amines) is 1. The van der Waals surface area contributed by atoms with Crippen molar-refractivity contribution in [3.63, 3.8) is 0 Å². The van der Waals surface area contributed by atoms with Gasteiger partial charge in [-0.2, -0.15) is 0 Å². The van der Waals surface area contributed by atoms with Crippen molar-refractivity contribution < 1.29 is 15.0 Å². The van der Waals surface area contributed by atoms with Crippen molar-refractivity contribution >= 4 is 6.09 Å². The number of hydrogen-bond donors (Lipinski definition) is 3. The van der Waals surface area contributed by atoms with Crippen LogP contribution in [-0.2, 0) is 6.54 Å². The average Bonchev–Trinajstić information content (AvgIpc) is 2.81. The number of carboxylic acid groups (broad SMARTS) is 1. The zero-order chi connectivity index (χ0) is 13.0. The molecule has 0 spiro atoms. The van der Waals surface area contributed by atoms with Gasteiger partial charge in [0.05, 0.1) is 0 Å². The summed E-state index contributed by atoms with van der Waals surface area (Å²) in [6.07, 6.45) is -0.919. The Balaban J connectivity index is 1.90. The van der Waals surface area contributed by atoms with Gasteiger partial charge >= 0.3 is 6.09 Å². The molecule has 0 aromatic heterocycles. The van der Waals surface area contributed by atoms with Crippen LogP contribution in [0.25, 0.3) is 0 Å². The number of aliphatic hydroxyl groups excluding tert-OH is 1. The second kappa shape index (κ2) is 5.84. The minimum absolute atomic E-state index is 0.0102. The zero-order valence-electron chi connectivity index (χ0n) is 10.1. The number of hydrogen-bond acceptors (Lipinski definition) is 3. The highest BCUT2D eigenvalue weighted by Gasteiger charge is 2.34. The van der Waals surface area contributed by atoms with Crippen molar-refractivity contribution in [3.8, 4) is 0 Å². The van der Waals surface area contributed by atoms with E-state index < -0.39 is 6.09 Å². The number of aliphatic hydroxyl groups is 1. The fourth-order valence-electron chi connectivity index (χ4n) is 2.29. The van der Waals surface area contributed by atoms with Gasteiger partial charge < -0.3 is 20.4 Å². The van der Waals surface area contributed by atoms with Gasteiger partial charge in [-0.1, -0.05) is 30.3 Å². The molecule has 0 aliphatic carbocycles. The Labute approximate surface area is 106 Å². The first-order valence-corrected chi connectivity index (χ1v) is 6.06. The molecule has 1 aliphatic rings. The fraction of sp³-hybridized carbons (Fsp3) is 0.462. The van der Waals surface area contributed by atoms with E-state index >= 15 is 0 Å². The van der Waals surface area contributed by atoms with Gasteiger partial charge in [0.15, 0.2) is 0 Å². The summed E-state index contributed by atoms with van der Waals surface area (Å²) >= 11 is 0. The minimum Gasteiger partial charge on any atom is -0.465 e. The maximum absolute atomic E-state index is 10.9. The molecule has 2 rings (SSSR count). The molecule has 1 aromatic carbocycles. The van der Waals surface area contributed by atoms with Crippen LogP contribution in [0.5, 0.6) is 0 Å². The molecule has 1 aliphatic heterocycles. The van der Waals surface area contributed by atoms with E-state index in [1.165, 1.54) is 4.90 Å². The standard InChI is InChI=1S/C13H18N2O3/c16-9-11-7-15(13(17)18)8-12(11)14-6-10-4-2-1-3-5-10/h1-5,11-12,14,16H,6-9H2,(H,17,18). The Bertz CT molecular complexity index is 396. The van der Waals surface area contributed by atoms with E-state index in [1.54, 1.807) is 0 Å². The molecule has 2 unspecified atom stereocenters. The summed E-state index contributed by atoms with van der Waals surface area (Å²) in [6, 6.07) is 9.96. The molecule has 1 amide bonds. The van der Waals surface area contributed by atoms with E-state index in [1.807, 2.05) is 30.3 Å². The second-order valence-electron chi connectivity index (χ2n) is 4.60. The van der Waals surface area contributed by atoms with Crippen LogP contribution in [0.15, 0.2) is 30.3 Å². The van der Waals surface area contributed by atoms with Crippen molar-refractivity contribution in [3.05, 3.63) is 35.9 Å². The maximum atomic E-state index is 10.9. The first-order chi connectivity index (χ1) is 8.70. The summed E-state index contributed by atoms with van der Waals surface area (Å²) in [6.45, 7) is 1.54. The second-order valence-corrected chi connectivity index (χ2v) is 4.60. The average molecular weight is 250 g/mol. The summed E-state index contributed by atoms with van der Waals surface area (Å²) in [4.78, 5) is 12.3. The van der Waals surface area contributed by atoms with Gasteiger partial charge in [0.25, 0.3) is 0 Å². The highest BCUT2D eigenvalue weighted by Crippen LogP contribution is 2.17. The Kier molecular flexibility index (Phi) is 4.17. The molecule has 1 heterocycles. The quantitative estimate of drug-likeness (QED) is 0.737. The lowest BCUT2D eigenvalue weighted by Gasteiger charge is -2.17. The van der Waals surface area contributed by atoms with Gasteiger partial charge in [-0.25, -0.2) is 4.79 Å². The molecule has 98 valence electrons. The summed E-state index contributed by atoms with van der Waals surface area (Å²) in [5, 5.41) is 21.5. The first kappa shape index (κ1) is 12.9. The van der Waals surface area contributed by atoms with Crippen LogP contribution >= 0.6 is 0 Å². The zero-order valence-corrected chi connectivity index (χ0v) is 10.1. The highest BCUT2D eigenvalue weighted by molar-refractivity contribution is 5.65. The van der Waals surface area contributed by atoms with Crippen molar-refractivity contribution in [2.24, 2.45) is 5.92 Å². The minimum atomic E-state index is -0.919. The third kappa shape index (κ3) is 3.00. The Morgan fingerprint density at radius 1 is 1.33 bits per heavy atom. The molecular formula is C13H18N2O3. The summed E-state index contributed by atoms with van der Waals surface area (Å²) < 4.78 is 0. The van der Waals surface area contributed by atoms with Crippen molar-refractivity contribution in [2.75, 3.05) is 19.7 Å². The van der Waals surface area contributed by atoms with Gasteiger partial charge in [0, 0.05) is 38.2 Å². The van der Waals surface area contributed by atoms with E-state index in [-0.39, 0.29) is 18.6 Å². The van der Waals surface area contributed by atoms with E-state index in [2.05, 4.69) is 5.32 Å². The molecule has 5 heteroatoms. The Hall–Kier alpha value is -1.59. The van der Waals surface area contributed by atoms with Crippen LogP contribution in [0.1, 0.15) is 5.56 Å². The molecule has 18 heavy (non-hydrogen) atoms. The number of amides is 1. The molecule has 0 radical (unpaired) electrons. The van der Waals surface area contributed by atoms with Gasteiger partial charge in [0.2, 0.25) is 0 Å². The van der Waals surface area contributed by atoms with Crippen LogP contribution in [0.4, 0.5) is 4.79 Å². The van der Waals surface area contributed by atoms with E-state index in [0.717, 1.165) is 5.56 Å². The largest absolute Gasteiger partial charge is 0.465 e. The molecule has 5 nitrogen and oxygen atoms in total. The fourth-order valence-corrected chi connectivity index (χ4v) is 2.29. The number of benzene rings is 1. The lowest BCUT2D eigenvalue weighted by molar-refractivity contribution is 0.150. The molecule has 0 saturated carbocycles. The summed E-state index contributed by atoms with van der Waals surface area (Å²) in [5.74, 6) is -0.0233. The summed E-state index contributed by atoms with van der Waals surface area (Å²) in [5.41, 5.74) is 1.16. The predicted octanol–water partition coefficient (Wildman–Crippen LogP) is 0.747. The van der Waals surface area contributed by atoms with Crippen LogP contribution in [0, 0.1) is 5.92 Å². The third-order valence-electron chi connectivity index (χ3n) is 3.36. The molecule has 1 aromatic rings. The van der Waals surface area contributed by atoms with E-state index in [9.17, 15) is 9.90 Å². The Morgan fingerprint density at radius 3 is 2.67 bits per heavy atom. The van der Waals surface area contributed by atoms with Gasteiger partial charge in [-0.05, 0) is 5.56 Å². The predicted molar refractivity (Wildman–Crippen MR) is 67.2 cm³/mol. The maximum Gasteiger partial charge on any atom is 0.407 e. The van der Waals surface area contributed by atoms with Crippen LogP contribution in [0.2, 0.25) is 0 Å².